The van der Waals surface area contributed by atoms with E-state index in [1.54, 1.807) is 98.1 Å². The Morgan fingerprint density at radius 1 is 0.818 bits per heavy atom. The van der Waals surface area contributed by atoms with Crippen molar-refractivity contribution in [2.45, 2.75) is 23.5 Å². The summed E-state index contributed by atoms with van der Waals surface area (Å²) < 4.78 is 5.21. The number of rotatable bonds is 12. The van der Waals surface area contributed by atoms with Crippen molar-refractivity contribution in [1.29, 1.82) is 0 Å². The molecule has 4 aromatic rings. The number of amides is 3. The summed E-state index contributed by atoms with van der Waals surface area (Å²) in [5.41, 5.74) is 2.06. The predicted octanol–water partition coefficient (Wildman–Crippen LogP) is 6.31. The number of thioether (sulfide) groups is 1. The van der Waals surface area contributed by atoms with Gasteiger partial charge < -0.3 is 25.8 Å². The lowest BCUT2D eigenvalue weighted by Gasteiger charge is -2.16. The van der Waals surface area contributed by atoms with Gasteiger partial charge in [-0.1, -0.05) is 49.4 Å². The van der Waals surface area contributed by atoms with Gasteiger partial charge in [0.1, 0.15) is 11.4 Å². The third-order valence-electron chi connectivity index (χ3n) is 6.37. The number of benzene rings is 4. The Hall–Kier alpha value is -5.35. The van der Waals surface area contributed by atoms with Crippen molar-refractivity contribution in [3.05, 3.63) is 126 Å². The van der Waals surface area contributed by atoms with Crippen LogP contribution in [0.4, 0.5) is 11.4 Å². The quantitative estimate of drug-likeness (QED) is 0.109. The summed E-state index contributed by atoms with van der Waals surface area (Å²) in [4.78, 5) is 51.4. The van der Waals surface area contributed by atoms with Crippen LogP contribution in [0.15, 0.2) is 114 Å². The Morgan fingerprint density at radius 2 is 1.48 bits per heavy atom. The molecular formula is C34H31N3O6S. The topological polar surface area (TPSA) is 134 Å². The van der Waals surface area contributed by atoms with Crippen LogP contribution >= 0.6 is 11.8 Å². The van der Waals surface area contributed by atoms with Crippen LogP contribution in [0.3, 0.4) is 0 Å². The van der Waals surface area contributed by atoms with Crippen LogP contribution in [0.1, 0.15) is 39.6 Å². The number of aromatic carboxylic acids is 1. The Bertz CT molecular complexity index is 1670. The van der Waals surface area contributed by atoms with Gasteiger partial charge in [0.2, 0.25) is 5.91 Å². The molecule has 0 aliphatic heterocycles. The molecule has 0 saturated carbocycles. The molecule has 1 unspecified atom stereocenters. The summed E-state index contributed by atoms with van der Waals surface area (Å²) in [6.45, 7) is 1.88. The molecule has 0 aliphatic rings. The molecular weight excluding hydrogens is 578 g/mol. The normalized spacial score (nSPS) is 11.6. The van der Waals surface area contributed by atoms with E-state index in [1.165, 1.54) is 23.9 Å². The third-order valence-corrected chi connectivity index (χ3v) is 7.72. The van der Waals surface area contributed by atoms with Gasteiger partial charge in [0.15, 0.2) is 0 Å². The first-order chi connectivity index (χ1) is 21.2. The molecule has 224 valence electrons. The van der Waals surface area contributed by atoms with Crippen LogP contribution in [0, 0.1) is 0 Å². The molecule has 0 bridgehead atoms. The van der Waals surface area contributed by atoms with Crippen molar-refractivity contribution >= 4 is 52.9 Å². The summed E-state index contributed by atoms with van der Waals surface area (Å²) in [6.07, 6.45) is 2.08. The maximum Gasteiger partial charge on any atom is 0.335 e. The van der Waals surface area contributed by atoms with E-state index in [9.17, 15) is 24.3 Å². The zero-order valence-corrected chi connectivity index (χ0v) is 24.9. The van der Waals surface area contributed by atoms with Crippen LogP contribution in [-0.4, -0.2) is 41.2 Å². The Kier molecular flexibility index (Phi) is 10.9. The Labute approximate surface area is 259 Å². The van der Waals surface area contributed by atoms with E-state index in [4.69, 9.17) is 4.74 Å². The fraction of sp³-hybridized carbons (Fsp3) is 0.118. The molecule has 0 heterocycles. The van der Waals surface area contributed by atoms with Crippen molar-refractivity contribution in [1.82, 2.24) is 5.32 Å². The van der Waals surface area contributed by atoms with Crippen LogP contribution in [0.25, 0.3) is 6.08 Å². The van der Waals surface area contributed by atoms with E-state index in [-0.39, 0.29) is 17.2 Å². The lowest BCUT2D eigenvalue weighted by Crippen LogP contribution is -2.30. The summed E-state index contributed by atoms with van der Waals surface area (Å²) in [5.74, 6) is -1.67. The SMILES string of the molecule is CCC(Sc1cccc(NC(=O)/C(=C\c2ccc(OC)cc2)NC(=O)c2ccccc2)c1)C(=O)Nc1cccc(C(=O)O)c1. The average Bonchev–Trinajstić information content (AvgIpc) is 3.04. The number of carboxylic acid groups (broad SMARTS) is 1. The van der Waals surface area contributed by atoms with Crippen molar-refractivity contribution in [2.75, 3.05) is 17.7 Å². The summed E-state index contributed by atoms with van der Waals surface area (Å²) in [7, 11) is 1.56. The molecule has 0 aliphatic carbocycles. The van der Waals surface area contributed by atoms with Crippen molar-refractivity contribution < 1.29 is 29.0 Å². The highest BCUT2D eigenvalue weighted by Gasteiger charge is 2.20. The van der Waals surface area contributed by atoms with E-state index in [2.05, 4.69) is 16.0 Å². The van der Waals surface area contributed by atoms with Crippen LogP contribution < -0.4 is 20.7 Å². The van der Waals surface area contributed by atoms with Gasteiger partial charge in [0, 0.05) is 21.8 Å². The lowest BCUT2D eigenvalue weighted by molar-refractivity contribution is -0.116. The van der Waals surface area contributed by atoms with E-state index in [0.717, 1.165) is 4.90 Å². The van der Waals surface area contributed by atoms with E-state index < -0.39 is 23.0 Å². The maximum absolute atomic E-state index is 13.5. The largest absolute Gasteiger partial charge is 0.497 e. The van der Waals surface area contributed by atoms with E-state index in [0.29, 0.717) is 34.7 Å². The highest BCUT2D eigenvalue weighted by atomic mass is 32.2. The first-order valence-corrected chi connectivity index (χ1v) is 14.6. The molecule has 0 spiro atoms. The van der Waals surface area contributed by atoms with Crippen molar-refractivity contribution in [3.8, 4) is 5.75 Å². The summed E-state index contributed by atoms with van der Waals surface area (Å²) in [6, 6.07) is 28.7. The van der Waals surface area contributed by atoms with Gasteiger partial charge in [0.05, 0.1) is 17.9 Å². The van der Waals surface area contributed by atoms with Crippen molar-refractivity contribution in [2.24, 2.45) is 0 Å². The van der Waals surface area contributed by atoms with Gasteiger partial charge >= 0.3 is 5.97 Å². The van der Waals surface area contributed by atoms with Gasteiger partial charge in [-0.15, -0.1) is 11.8 Å². The second kappa shape index (κ2) is 15.2. The first-order valence-electron chi connectivity index (χ1n) is 13.7. The molecule has 0 radical (unpaired) electrons. The minimum atomic E-state index is -1.08. The van der Waals surface area contributed by atoms with Crippen LogP contribution in [0.2, 0.25) is 0 Å². The number of nitrogens with one attached hydrogen (secondary N) is 3. The number of ether oxygens (including phenoxy) is 1. The van der Waals surface area contributed by atoms with Gasteiger partial charge in [-0.25, -0.2) is 4.79 Å². The summed E-state index contributed by atoms with van der Waals surface area (Å²) >= 11 is 1.31. The number of hydrogen-bond acceptors (Lipinski definition) is 6. The number of carboxylic acids is 1. The number of methoxy groups -OCH3 is 1. The molecule has 0 saturated heterocycles. The van der Waals surface area contributed by atoms with Gasteiger partial charge in [-0.05, 0) is 78.7 Å². The lowest BCUT2D eigenvalue weighted by atomic mass is 10.1. The highest BCUT2D eigenvalue weighted by Crippen LogP contribution is 2.29. The van der Waals surface area contributed by atoms with Gasteiger partial charge in [-0.2, -0.15) is 0 Å². The van der Waals surface area contributed by atoms with Crippen LogP contribution in [0.5, 0.6) is 5.75 Å². The third kappa shape index (κ3) is 8.83. The average molecular weight is 610 g/mol. The predicted molar refractivity (Wildman–Crippen MR) is 172 cm³/mol. The first kappa shape index (κ1) is 31.6. The molecule has 4 rings (SSSR count). The summed E-state index contributed by atoms with van der Waals surface area (Å²) in [5, 5.41) is 17.1. The molecule has 4 N–H and O–H groups in total. The van der Waals surface area contributed by atoms with Gasteiger partial charge in [0.25, 0.3) is 11.8 Å². The molecule has 9 nitrogen and oxygen atoms in total. The van der Waals surface area contributed by atoms with Crippen molar-refractivity contribution in [3.63, 3.8) is 0 Å². The monoisotopic (exact) mass is 609 g/mol. The Morgan fingerprint density at radius 3 is 2.14 bits per heavy atom. The van der Waals surface area contributed by atoms with E-state index in [1.807, 2.05) is 13.0 Å². The number of hydrogen-bond donors (Lipinski definition) is 4. The molecule has 0 fully saturated rings. The smallest absolute Gasteiger partial charge is 0.335 e. The van der Waals surface area contributed by atoms with E-state index >= 15 is 0 Å². The number of carbonyl (C=O) groups is 4. The maximum atomic E-state index is 13.5. The minimum absolute atomic E-state index is 0.0384. The zero-order valence-electron chi connectivity index (χ0n) is 24.1. The molecule has 1 atom stereocenters. The molecule has 10 heteroatoms. The Balaban J connectivity index is 1.50. The number of anilines is 2. The second-order valence-electron chi connectivity index (χ2n) is 9.52. The van der Waals surface area contributed by atoms with Crippen LogP contribution in [-0.2, 0) is 9.59 Å². The standard InChI is InChI=1S/C34H31N3O6S/c1-3-30(33(40)36-25-12-7-11-24(20-25)34(41)42)44-28-14-8-13-26(21-28)35-32(39)29(19-22-15-17-27(43-2)18-16-22)37-31(38)23-9-5-4-6-10-23/h4-21,30H,3H2,1-2H3,(H,35,39)(H,36,40)(H,37,38)(H,41,42)/b29-19+. The molecule has 44 heavy (non-hydrogen) atoms. The fourth-order valence-electron chi connectivity index (χ4n) is 4.09. The number of carbonyl (C=O) groups excluding carboxylic acids is 3. The second-order valence-corrected chi connectivity index (χ2v) is 10.8. The molecule has 4 aromatic carbocycles. The zero-order chi connectivity index (χ0) is 31.5. The molecule has 3 amide bonds. The highest BCUT2D eigenvalue weighted by molar-refractivity contribution is 8.00. The van der Waals surface area contributed by atoms with Gasteiger partial charge in [-0.3, -0.25) is 14.4 Å². The fourth-order valence-corrected chi connectivity index (χ4v) is 5.11. The minimum Gasteiger partial charge on any atom is -0.497 e. The molecule has 0 aromatic heterocycles.